The topological polar surface area (TPSA) is 70.0 Å². The number of fused-ring (bicyclic) bond motifs is 1. The zero-order chi connectivity index (χ0) is 19.7. The second-order valence-corrected chi connectivity index (χ2v) is 7.67. The lowest BCUT2D eigenvalue weighted by molar-refractivity contribution is -0.117. The maximum absolute atomic E-state index is 14.1. The van der Waals surface area contributed by atoms with Gasteiger partial charge in [-0.25, -0.2) is 4.39 Å². The standard InChI is InChI=1S/C19H11Cl2FN2O2S/c1-9-16-14(22)3-2-4-15(16)27-18(9)17(25)13(8-23)19(26)24-12-6-10(20)5-11(21)7-12/h2-7,13H,1H3,(H,24,26). The van der Waals surface area contributed by atoms with Gasteiger partial charge in [0.1, 0.15) is 5.82 Å². The zero-order valence-electron chi connectivity index (χ0n) is 13.8. The van der Waals surface area contributed by atoms with Crippen LogP contribution in [-0.2, 0) is 4.79 Å². The van der Waals surface area contributed by atoms with E-state index in [1.54, 1.807) is 25.1 Å². The fourth-order valence-electron chi connectivity index (χ4n) is 2.70. The first-order valence-electron chi connectivity index (χ1n) is 7.70. The van der Waals surface area contributed by atoms with E-state index in [4.69, 9.17) is 23.2 Å². The number of nitrogens with one attached hydrogen (secondary N) is 1. The third-order valence-corrected chi connectivity index (χ3v) is 5.62. The van der Waals surface area contributed by atoms with Crippen molar-refractivity contribution in [3.05, 3.63) is 62.7 Å². The Labute approximate surface area is 168 Å². The predicted octanol–water partition coefficient (Wildman–Crippen LogP) is 5.62. The van der Waals surface area contributed by atoms with Gasteiger partial charge in [-0.3, -0.25) is 9.59 Å². The van der Waals surface area contributed by atoms with Crippen LogP contribution in [0.4, 0.5) is 10.1 Å². The van der Waals surface area contributed by atoms with Crippen LogP contribution in [0.1, 0.15) is 15.2 Å². The molecule has 27 heavy (non-hydrogen) atoms. The average Bonchev–Trinajstić information content (AvgIpc) is 2.92. The molecule has 1 aromatic heterocycles. The van der Waals surface area contributed by atoms with Crippen LogP contribution < -0.4 is 5.32 Å². The van der Waals surface area contributed by atoms with E-state index in [9.17, 15) is 19.2 Å². The Morgan fingerprint density at radius 3 is 2.48 bits per heavy atom. The number of hydrogen-bond acceptors (Lipinski definition) is 4. The van der Waals surface area contributed by atoms with Gasteiger partial charge in [0, 0.05) is 25.8 Å². The number of benzene rings is 2. The van der Waals surface area contributed by atoms with Gasteiger partial charge in [0.25, 0.3) is 0 Å². The van der Waals surface area contributed by atoms with Crippen LogP contribution in [-0.4, -0.2) is 11.7 Å². The largest absolute Gasteiger partial charge is 0.324 e. The van der Waals surface area contributed by atoms with Crippen molar-refractivity contribution in [2.24, 2.45) is 5.92 Å². The number of nitrogens with zero attached hydrogens (tertiary/aromatic N) is 1. The molecule has 1 atom stereocenters. The molecule has 0 fully saturated rings. The van der Waals surface area contributed by atoms with Gasteiger partial charge in [0.05, 0.1) is 10.9 Å². The summed E-state index contributed by atoms with van der Waals surface area (Å²) in [5, 5.41) is 12.8. The molecule has 0 saturated heterocycles. The molecule has 0 saturated carbocycles. The maximum Gasteiger partial charge on any atom is 0.249 e. The second-order valence-electron chi connectivity index (χ2n) is 5.74. The lowest BCUT2D eigenvalue weighted by Gasteiger charge is -2.10. The van der Waals surface area contributed by atoms with Crippen molar-refractivity contribution < 1.29 is 14.0 Å². The van der Waals surface area contributed by atoms with Gasteiger partial charge in [-0.1, -0.05) is 29.3 Å². The molecule has 2 aromatic carbocycles. The first kappa shape index (κ1) is 19.3. The van der Waals surface area contributed by atoms with Crippen molar-refractivity contribution in [3.63, 3.8) is 0 Å². The normalized spacial score (nSPS) is 11.8. The molecule has 0 radical (unpaired) electrons. The number of rotatable bonds is 4. The Bertz CT molecular complexity index is 1100. The SMILES string of the molecule is Cc1c(C(=O)C(C#N)C(=O)Nc2cc(Cl)cc(Cl)c2)sc2cccc(F)c12. The predicted molar refractivity (Wildman–Crippen MR) is 105 cm³/mol. The zero-order valence-corrected chi connectivity index (χ0v) is 16.2. The second kappa shape index (κ2) is 7.65. The molecule has 1 unspecified atom stereocenters. The van der Waals surface area contributed by atoms with Gasteiger partial charge < -0.3 is 5.32 Å². The van der Waals surface area contributed by atoms with E-state index in [1.165, 1.54) is 24.3 Å². The van der Waals surface area contributed by atoms with E-state index in [0.717, 1.165) is 11.3 Å². The summed E-state index contributed by atoms with van der Waals surface area (Å²) in [6.07, 6.45) is 0. The molecule has 0 aliphatic rings. The molecule has 1 heterocycles. The fourth-order valence-corrected chi connectivity index (χ4v) is 4.42. The molecule has 0 aliphatic carbocycles. The number of aryl methyl sites for hydroxylation is 1. The lowest BCUT2D eigenvalue weighted by atomic mass is 10.00. The summed E-state index contributed by atoms with van der Waals surface area (Å²) in [4.78, 5) is 25.4. The molecule has 8 heteroatoms. The summed E-state index contributed by atoms with van der Waals surface area (Å²) in [5.74, 6) is -3.52. The third kappa shape index (κ3) is 3.81. The summed E-state index contributed by atoms with van der Waals surface area (Å²) in [6, 6.07) is 10.6. The Kier molecular flexibility index (Phi) is 5.47. The number of nitriles is 1. The first-order chi connectivity index (χ1) is 12.8. The van der Waals surface area contributed by atoms with E-state index in [-0.39, 0.29) is 10.6 Å². The van der Waals surface area contributed by atoms with E-state index < -0.39 is 23.4 Å². The molecule has 3 aromatic rings. The maximum atomic E-state index is 14.1. The number of Topliss-reactive ketones (excluding diaryl/α,β-unsaturated/α-hetero) is 1. The Morgan fingerprint density at radius 2 is 1.89 bits per heavy atom. The molecule has 0 aliphatic heterocycles. The first-order valence-corrected chi connectivity index (χ1v) is 9.27. The van der Waals surface area contributed by atoms with Crippen molar-refractivity contribution >= 4 is 62.0 Å². The van der Waals surface area contributed by atoms with Crippen LogP contribution in [0.25, 0.3) is 10.1 Å². The number of ketones is 1. The van der Waals surface area contributed by atoms with Crippen molar-refractivity contribution in [3.8, 4) is 6.07 Å². The summed E-state index contributed by atoms with van der Waals surface area (Å²) in [5.41, 5.74) is 0.682. The highest BCUT2D eigenvalue weighted by molar-refractivity contribution is 7.21. The van der Waals surface area contributed by atoms with Gasteiger partial charge in [0.15, 0.2) is 11.7 Å². The van der Waals surface area contributed by atoms with Crippen molar-refractivity contribution in [1.82, 2.24) is 0 Å². The molecule has 4 nitrogen and oxygen atoms in total. The van der Waals surface area contributed by atoms with Gasteiger partial charge in [0.2, 0.25) is 5.91 Å². The molecule has 1 amide bonds. The molecule has 1 N–H and O–H groups in total. The molecule has 0 spiro atoms. The summed E-state index contributed by atoms with van der Waals surface area (Å²) >= 11 is 12.8. The smallest absolute Gasteiger partial charge is 0.249 e. The van der Waals surface area contributed by atoms with Crippen molar-refractivity contribution in [2.45, 2.75) is 6.92 Å². The Morgan fingerprint density at radius 1 is 1.22 bits per heavy atom. The summed E-state index contributed by atoms with van der Waals surface area (Å²) in [7, 11) is 0. The van der Waals surface area contributed by atoms with Crippen LogP contribution in [0, 0.1) is 30.0 Å². The molecule has 3 rings (SSSR count). The van der Waals surface area contributed by atoms with Crippen molar-refractivity contribution in [2.75, 3.05) is 5.32 Å². The molecule has 136 valence electrons. The number of hydrogen-bond donors (Lipinski definition) is 1. The van der Waals surface area contributed by atoms with Crippen LogP contribution in [0.5, 0.6) is 0 Å². The third-order valence-electron chi connectivity index (χ3n) is 3.91. The van der Waals surface area contributed by atoms with Gasteiger partial charge in [-0.15, -0.1) is 11.3 Å². The summed E-state index contributed by atoms with van der Waals surface area (Å²) < 4.78 is 14.6. The minimum atomic E-state index is -1.59. The van der Waals surface area contributed by atoms with E-state index in [0.29, 0.717) is 25.7 Å². The van der Waals surface area contributed by atoms with E-state index >= 15 is 0 Å². The number of carbonyl (C=O) groups excluding carboxylic acids is 2. The number of anilines is 1. The average molecular weight is 421 g/mol. The molecular weight excluding hydrogens is 410 g/mol. The van der Waals surface area contributed by atoms with Gasteiger partial charge >= 0.3 is 0 Å². The quantitative estimate of drug-likeness (QED) is 0.439. The number of thiophene rings is 1. The number of carbonyl (C=O) groups is 2. The Hall–Kier alpha value is -2.46. The van der Waals surface area contributed by atoms with Crippen LogP contribution in [0.15, 0.2) is 36.4 Å². The Balaban J connectivity index is 1.92. The highest BCUT2D eigenvalue weighted by Crippen LogP contribution is 2.34. The molecule has 0 bridgehead atoms. The molecular formula is C19H11Cl2FN2O2S. The minimum Gasteiger partial charge on any atom is -0.324 e. The lowest BCUT2D eigenvalue weighted by Crippen LogP contribution is -2.28. The monoisotopic (exact) mass is 420 g/mol. The summed E-state index contributed by atoms with van der Waals surface area (Å²) in [6.45, 7) is 1.60. The van der Waals surface area contributed by atoms with Gasteiger partial charge in [-0.05, 0) is 42.8 Å². The van der Waals surface area contributed by atoms with E-state index in [2.05, 4.69) is 5.32 Å². The fraction of sp³-hybridized carbons (Fsp3) is 0.105. The number of halogens is 3. The highest BCUT2D eigenvalue weighted by Gasteiger charge is 2.31. The van der Waals surface area contributed by atoms with Crippen LogP contribution >= 0.6 is 34.5 Å². The highest BCUT2D eigenvalue weighted by atomic mass is 35.5. The van der Waals surface area contributed by atoms with Crippen LogP contribution in [0.3, 0.4) is 0 Å². The number of amides is 1. The van der Waals surface area contributed by atoms with Crippen molar-refractivity contribution in [1.29, 1.82) is 5.26 Å². The minimum absolute atomic E-state index is 0.181. The van der Waals surface area contributed by atoms with Crippen LogP contribution in [0.2, 0.25) is 10.0 Å². The van der Waals surface area contributed by atoms with Gasteiger partial charge in [-0.2, -0.15) is 5.26 Å². The van der Waals surface area contributed by atoms with E-state index in [1.807, 2.05) is 0 Å².